The van der Waals surface area contributed by atoms with Gasteiger partial charge in [0.05, 0.1) is 25.0 Å². The highest BCUT2D eigenvalue weighted by atomic mass is 32.2. The zero-order valence-electron chi connectivity index (χ0n) is 11.6. The first kappa shape index (κ1) is 15.0. The summed E-state index contributed by atoms with van der Waals surface area (Å²) in [4.78, 5) is 0. The van der Waals surface area contributed by atoms with Gasteiger partial charge in [-0.2, -0.15) is 0 Å². The van der Waals surface area contributed by atoms with Gasteiger partial charge in [-0.3, -0.25) is 0 Å². The second kappa shape index (κ2) is 6.39. The molecule has 0 spiro atoms. The fourth-order valence-electron chi connectivity index (χ4n) is 1.77. The highest BCUT2D eigenvalue weighted by molar-refractivity contribution is 7.89. The summed E-state index contributed by atoms with van der Waals surface area (Å²) in [7, 11) is -3.35. The summed E-state index contributed by atoms with van der Waals surface area (Å²) in [6.07, 6.45) is 0.0283. The third-order valence-electron chi connectivity index (χ3n) is 2.75. The van der Waals surface area contributed by atoms with E-state index in [-0.39, 0.29) is 25.0 Å². The molecule has 0 radical (unpaired) electrons. The number of hydrogen-bond donors (Lipinski definition) is 1. The number of nitrogens with one attached hydrogen (secondary N) is 1. The number of para-hydroxylation sites is 1. The molecule has 1 heterocycles. The summed E-state index contributed by atoms with van der Waals surface area (Å²) in [6, 6.07) is 9.40. The fourth-order valence-corrected chi connectivity index (χ4v) is 2.59. The number of ether oxygens (including phenoxy) is 1. The molecule has 2 aromatic rings. The van der Waals surface area contributed by atoms with E-state index in [2.05, 4.69) is 4.72 Å². The number of fused-ring (bicyclic) bond motifs is 1. The van der Waals surface area contributed by atoms with Gasteiger partial charge in [-0.25, -0.2) is 13.1 Å². The van der Waals surface area contributed by atoms with Crippen LogP contribution in [-0.2, 0) is 21.3 Å². The average Bonchev–Trinajstić information content (AvgIpc) is 2.78. The molecular formula is C14H19NO4S. The molecule has 110 valence electrons. The first-order valence-corrected chi connectivity index (χ1v) is 8.18. The van der Waals surface area contributed by atoms with Gasteiger partial charge in [-0.1, -0.05) is 18.2 Å². The summed E-state index contributed by atoms with van der Waals surface area (Å²) in [5, 5.41) is 0.963. The summed E-state index contributed by atoms with van der Waals surface area (Å²) >= 11 is 0. The van der Waals surface area contributed by atoms with Gasteiger partial charge in [0.1, 0.15) is 11.3 Å². The van der Waals surface area contributed by atoms with Crippen molar-refractivity contribution in [3.63, 3.8) is 0 Å². The Labute approximate surface area is 119 Å². The van der Waals surface area contributed by atoms with E-state index in [1.165, 1.54) is 0 Å². The van der Waals surface area contributed by atoms with E-state index < -0.39 is 10.0 Å². The Morgan fingerprint density at radius 1 is 1.30 bits per heavy atom. The summed E-state index contributed by atoms with van der Waals surface area (Å²) in [5.74, 6) is 0.547. The predicted molar refractivity (Wildman–Crippen MR) is 77.9 cm³/mol. The molecule has 0 unspecified atom stereocenters. The van der Waals surface area contributed by atoms with Crippen LogP contribution in [0.15, 0.2) is 34.7 Å². The number of rotatable bonds is 7. The lowest BCUT2D eigenvalue weighted by Crippen LogP contribution is -2.28. The first-order chi connectivity index (χ1) is 9.46. The SMILES string of the molecule is CC(C)OCCS(=O)(=O)NCc1cc2ccccc2o1. The summed E-state index contributed by atoms with van der Waals surface area (Å²) < 4.78 is 36.8. The third kappa shape index (κ3) is 4.33. The molecule has 0 bridgehead atoms. The lowest BCUT2D eigenvalue weighted by molar-refractivity contribution is 0.0911. The topological polar surface area (TPSA) is 68.5 Å². The molecule has 1 aromatic heterocycles. The van der Waals surface area contributed by atoms with Crippen molar-refractivity contribution in [3.8, 4) is 0 Å². The molecule has 1 aromatic carbocycles. The molecule has 1 N–H and O–H groups in total. The molecule has 0 atom stereocenters. The lowest BCUT2D eigenvalue weighted by atomic mass is 10.2. The fraction of sp³-hybridized carbons (Fsp3) is 0.429. The second-order valence-electron chi connectivity index (χ2n) is 4.81. The largest absolute Gasteiger partial charge is 0.460 e. The van der Waals surface area contributed by atoms with E-state index in [1.54, 1.807) is 0 Å². The van der Waals surface area contributed by atoms with Crippen LogP contribution in [0.4, 0.5) is 0 Å². The Hall–Kier alpha value is -1.37. The monoisotopic (exact) mass is 297 g/mol. The van der Waals surface area contributed by atoms with Crippen molar-refractivity contribution in [1.82, 2.24) is 4.72 Å². The van der Waals surface area contributed by atoms with E-state index in [4.69, 9.17) is 9.15 Å². The molecule has 0 aliphatic carbocycles. The molecular weight excluding hydrogens is 278 g/mol. The molecule has 0 amide bonds. The Balaban J connectivity index is 1.90. The Bertz CT molecular complexity index is 628. The minimum Gasteiger partial charge on any atom is -0.460 e. The van der Waals surface area contributed by atoms with Crippen LogP contribution in [0.5, 0.6) is 0 Å². The lowest BCUT2D eigenvalue weighted by Gasteiger charge is -2.08. The van der Waals surface area contributed by atoms with Gasteiger partial charge < -0.3 is 9.15 Å². The van der Waals surface area contributed by atoms with Gasteiger partial charge in [0.15, 0.2) is 0 Å². The van der Waals surface area contributed by atoms with Crippen LogP contribution in [0.25, 0.3) is 11.0 Å². The second-order valence-corrected chi connectivity index (χ2v) is 6.74. The van der Waals surface area contributed by atoms with Crippen molar-refractivity contribution in [1.29, 1.82) is 0 Å². The Morgan fingerprint density at radius 2 is 2.05 bits per heavy atom. The van der Waals surface area contributed by atoms with Gasteiger partial charge in [0.2, 0.25) is 10.0 Å². The zero-order chi connectivity index (χ0) is 14.6. The van der Waals surface area contributed by atoms with E-state index >= 15 is 0 Å². The van der Waals surface area contributed by atoms with Crippen LogP contribution in [0, 0.1) is 0 Å². The molecule has 6 heteroatoms. The van der Waals surface area contributed by atoms with Crippen molar-refractivity contribution in [2.75, 3.05) is 12.4 Å². The van der Waals surface area contributed by atoms with Crippen molar-refractivity contribution in [3.05, 3.63) is 36.1 Å². The molecule has 5 nitrogen and oxygen atoms in total. The predicted octanol–water partition coefficient (Wildman–Crippen LogP) is 2.28. The van der Waals surface area contributed by atoms with Crippen LogP contribution in [-0.4, -0.2) is 26.9 Å². The molecule has 0 saturated carbocycles. The van der Waals surface area contributed by atoms with Crippen LogP contribution in [0.2, 0.25) is 0 Å². The Morgan fingerprint density at radius 3 is 2.75 bits per heavy atom. The standard InChI is InChI=1S/C14H19NO4S/c1-11(2)18-7-8-20(16,17)15-10-13-9-12-5-3-4-6-14(12)19-13/h3-6,9,11,15H,7-8,10H2,1-2H3. The molecule has 20 heavy (non-hydrogen) atoms. The van der Waals surface area contributed by atoms with Gasteiger partial charge in [-0.15, -0.1) is 0 Å². The quantitative estimate of drug-likeness (QED) is 0.851. The minimum atomic E-state index is -3.35. The third-order valence-corrected chi connectivity index (χ3v) is 4.03. The summed E-state index contributed by atoms with van der Waals surface area (Å²) in [5.41, 5.74) is 0.754. The smallest absolute Gasteiger partial charge is 0.214 e. The van der Waals surface area contributed by atoms with Crippen LogP contribution >= 0.6 is 0 Å². The number of benzene rings is 1. The normalized spacial score (nSPS) is 12.3. The molecule has 2 rings (SSSR count). The number of sulfonamides is 1. The average molecular weight is 297 g/mol. The first-order valence-electron chi connectivity index (χ1n) is 6.53. The Kier molecular flexibility index (Phi) is 4.80. The van der Waals surface area contributed by atoms with Crippen molar-refractivity contribution in [2.24, 2.45) is 0 Å². The molecule has 0 saturated heterocycles. The number of furan rings is 1. The number of hydrogen-bond acceptors (Lipinski definition) is 4. The maximum Gasteiger partial charge on any atom is 0.214 e. The molecule has 0 aliphatic rings. The van der Waals surface area contributed by atoms with Gasteiger partial charge in [0, 0.05) is 5.39 Å². The maximum atomic E-state index is 11.8. The van der Waals surface area contributed by atoms with Crippen LogP contribution in [0.3, 0.4) is 0 Å². The van der Waals surface area contributed by atoms with E-state index in [0.717, 1.165) is 11.0 Å². The highest BCUT2D eigenvalue weighted by Crippen LogP contribution is 2.18. The minimum absolute atomic E-state index is 0.0283. The molecule has 0 fully saturated rings. The van der Waals surface area contributed by atoms with Crippen molar-refractivity contribution >= 4 is 21.0 Å². The molecule has 0 aliphatic heterocycles. The zero-order valence-corrected chi connectivity index (χ0v) is 12.4. The van der Waals surface area contributed by atoms with Crippen molar-refractivity contribution < 1.29 is 17.6 Å². The van der Waals surface area contributed by atoms with Gasteiger partial charge in [0.25, 0.3) is 0 Å². The van der Waals surface area contributed by atoms with E-state index in [0.29, 0.717) is 5.76 Å². The van der Waals surface area contributed by atoms with Crippen LogP contribution < -0.4 is 4.72 Å². The highest BCUT2D eigenvalue weighted by Gasteiger charge is 2.12. The van der Waals surface area contributed by atoms with E-state index in [1.807, 2.05) is 44.2 Å². The van der Waals surface area contributed by atoms with E-state index in [9.17, 15) is 8.42 Å². The van der Waals surface area contributed by atoms with Gasteiger partial charge >= 0.3 is 0 Å². The van der Waals surface area contributed by atoms with Crippen molar-refractivity contribution in [2.45, 2.75) is 26.5 Å². The maximum absolute atomic E-state index is 11.8. The van der Waals surface area contributed by atoms with Gasteiger partial charge in [-0.05, 0) is 26.0 Å². The summed E-state index contributed by atoms with van der Waals surface area (Å²) in [6.45, 7) is 4.08. The van der Waals surface area contributed by atoms with Crippen LogP contribution in [0.1, 0.15) is 19.6 Å².